The first-order valence-electron chi connectivity index (χ1n) is 7.04. The molecule has 0 aromatic rings. The summed E-state index contributed by atoms with van der Waals surface area (Å²) in [5.74, 6) is 2.91. The van der Waals surface area contributed by atoms with E-state index in [9.17, 15) is 0 Å². The monoisotopic (exact) mass is 308 g/mol. The van der Waals surface area contributed by atoms with Crippen LogP contribution in [0.2, 0.25) is 37.8 Å². The molecule has 0 radical (unpaired) electrons. The highest BCUT2D eigenvalue weighted by molar-refractivity contribution is 7.20. The molecule has 0 aromatic carbocycles. The summed E-state index contributed by atoms with van der Waals surface area (Å²) in [5, 5.41) is 0. The van der Waals surface area contributed by atoms with Crippen LogP contribution in [-0.2, 0) is 0 Å². The lowest BCUT2D eigenvalue weighted by Gasteiger charge is -2.36. The minimum Gasteiger partial charge on any atom is -0.168 e. The first kappa shape index (κ1) is 14.4. The Hall–Kier alpha value is 1.01. The molecule has 0 aromatic heterocycles. The Morgan fingerprint density at radius 2 is 1.65 bits per heavy atom. The summed E-state index contributed by atoms with van der Waals surface area (Å²) in [6.07, 6.45) is 5.76. The van der Waals surface area contributed by atoms with Crippen LogP contribution in [0.15, 0.2) is 0 Å². The van der Waals surface area contributed by atoms with Gasteiger partial charge in [0.25, 0.3) is 0 Å². The minimum atomic E-state index is -1.44. The van der Waals surface area contributed by atoms with E-state index in [0.29, 0.717) is 0 Å². The van der Waals surface area contributed by atoms with Crippen molar-refractivity contribution in [3.63, 3.8) is 0 Å². The molecule has 17 heavy (non-hydrogen) atoms. The van der Waals surface area contributed by atoms with Crippen molar-refractivity contribution in [1.82, 2.24) is 0 Å². The van der Waals surface area contributed by atoms with Crippen LogP contribution in [0.25, 0.3) is 0 Å². The smallest absolute Gasteiger partial charge is 0.153 e. The van der Waals surface area contributed by atoms with Crippen LogP contribution in [0.5, 0.6) is 0 Å². The second kappa shape index (κ2) is 4.84. The van der Waals surface area contributed by atoms with E-state index in [1.165, 1.54) is 31.7 Å². The molecule has 4 unspecified atom stereocenters. The quantitative estimate of drug-likeness (QED) is 0.463. The lowest BCUT2D eigenvalue weighted by molar-refractivity contribution is 0.320. The number of rotatable bonds is 4. The lowest BCUT2D eigenvalue weighted by Crippen LogP contribution is -2.33. The van der Waals surface area contributed by atoms with E-state index in [2.05, 4.69) is 26.2 Å². The van der Waals surface area contributed by atoms with E-state index >= 15 is 0 Å². The van der Waals surface area contributed by atoms with Gasteiger partial charge in [-0.15, -0.1) is 0 Å². The average Bonchev–Trinajstić information content (AvgIpc) is 2.70. The summed E-state index contributed by atoms with van der Waals surface area (Å²) in [6, 6.07) is 1.29. The Balaban J connectivity index is 1.94. The summed E-state index contributed by atoms with van der Waals surface area (Å²) < 4.78 is 0. The van der Waals surface area contributed by atoms with Gasteiger partial charge in [0.15, 0.2) is 14.8 Å². The maximum Gasteiger partial charge on any atom is 0.153 e. The molecule has 2 fully saturated rings. The maximum atomic E-state index is 6.71. The first-order chi connectivity index (χ1) is 7.67. The first-order valence-corrected chi connectivity index (χ1v) is 15.4. The largest absolute Gasteiger partial charge is 0.168 e. The van der Waals surface area contributed by atoms with E-state index in [4.69, 9.17) is 22.2 Å². The molecule has 2 rings (SSSR count). The molecule has 2 aliphatic carbocycles. The fraction of sp³-hybridized carbons (Fsp3) is 1.00. The third kappa shape index (κ3) is 3.52. The van der Waals surface area contributed by atoms with Crippen LogP contribution < -0.4 is 0 Å². The zero-order valence-electron chi connectivity index (χ0n) is 11.6. The fourth-order valence-electron chi connectivity index (χ4n) is 4.15. The normalized spacial score (nSPS) is 37.8. The Kier molecular flexibility index (Phi) is 4.11. The summed E-state index contributed by atoms with van der Waals surface area (Å²) in [5.41, 5.74) is 0.882. The second-order valence-corrected chi connectivity index (χ2v) is 21.2. The van der Waals surface area contributed by atoms with Gasteiger partial charge in [-0.05, 0) is 48.6 Å². The lowest BCUT2D eigenvalue weighted by atomic mass is 9.86. The SMILES string of the molecule is C[Si](C)(Cl)CCC1CC2CC1C([Si](C)(C)Cl)C2. The van der Waals surface area contributed by atoms with E-state index < -0.39 is 14.8 Å². The van der Waals surface area contributed by atoms with Crippen molar-refractivity contribution >= 4 is 36.9 Å². The highest BCUT2D eigenvalue weighted by Crippen LogP contribution is 2.60. The van der Waals surface area contributed by atoms with E-state index in [0.717, 1.165) is 23.3 Å². The van der Waals surface area contributed by atoms with E-state index in [1.807, 2.05) is 0 Å². The van der Waals surface area contributed by atoms with Gasteiger partial charge in [0.1, 0.15) is 0 Å². The van der Waals surface area contributed by atoms with Gasteiger partial charge < -0.3 is 0 Å². The number of halogens is 2. The number of hydrogen-bond donors (Lipinski definition) is 0. The van der Waals surface area contributed by atoms with Gasteiger partial charge in [0.2, 0.25) is 0 Å². The van der Waals surface area contributed by atoms with Crippen LogP contribution in [0, 0.1) is 17.8 Å². The average molecular weight is 309 g/mol. The molecule has 0 heterocycles. The second-order valence-electron chi connectivity index (χ2n) is 7.43. The van der Waals surface area contributed by atoms with Gasteiger partial charge in [0, 0.05) is 0 Å². The number of hydrogen-bond acceptors (Lipinski definition) is 0. The predicted octanol–water partition coefficient (Wildman–Crippen LogP) is 5.68. The van der Waals surface area contributed by atoms with E-state index in [-0.39, 0.29) is 0 Å². The maximum absolute atomic E-state index is 6.71. The van der Waals surface area contributed by atoms with Crippen molar-refractivity contribution in [3.05, 3.63) is 0 Å². The molecular formula is C13H26Cl2Si2. The van der Waals surface area contributed by atoms with Crippen LogP contribution in [0.1, 0.15) is 25.7 Å². The molecule has 0 spiro atoms. The Labute approximate surface area is 118 Å². The third-order valence-corrected chi connectivity index (χ3v) is 10.3. The molecule has 0 aliphatic heterocycles. The topological polar surface area (TPSA) is 0 Å². The zero-order valence-corrected chi connectivity index (χ0v) is 15.1. The Bertz CT molecular complexity index is 280. The predicted molar refractivity (Wildman–Crippen MR) is 84.2 cm³/mol. The summed E-state index contributed by atoms with van der Waals surface area (Å²) >= 11 is 13.2. The molecule has 100 valence electrons. The van der Waals surface area contributed by atoms with Crippen molar-refractivity contribution in [2.24, 2.45) is 17.8 Å². The molecule has 0 N–H and O–H groups in total. The van der Waals surface area contributed by atoms with Gasteiger partial charge >= 0.3 is 0 Å². The Morgan fingerprint density at radius 3 is 2.12 bits per heavy atom. The molecule has 4 heteroatoms. The molecule has 0 nitrogen and oxygen atoms in total. The molecule has 0 saturated heterocycles. The van der Waals surface area contributed by atoms with Gasteiger partial charge in [0.05, 0.1) is 0 Å². The van der Waals surface area contributed by atoms with Gasteiger partial charge in [-0.25, -0.2) is 0 Å². The summed E-state index contributed by atoms with van der Waals surface area (Å²) in [4.78, 5) is 0. The minimum absolute atomic E-state index is 0.882. The molecule has 2 aliphatic rings. The molecule has 0 amide bonds. The highest BCUT2D eigenvalue weighted by Gasteiger charge is 2.51. The van der Waals surface area contributed by atoms with Gasteiger partial charge in [-0.3, -0.25) is 0 Å². The van der Waals surface area contributed by atoms with Crippen molar-refractivity contribution in [1.29, 1.82) is 0 Å². The van der Waals surface area contributed by atoms with Gasteiger partial charge in [-0.1, -0.05) is 32.6 Å². The van der Waals surface area contributed by atoms with Crippen LogP contribution in [0.4, 0.5) is 0 Å². The molecular weight excluding hydrogens is 283 g/mol. The Morgan fingerprint density at radius 1 is 1.00 bits per heavy atom. The van der Waals surface area contributed by atoms with Crippen molar-refractivity contribution in [2.75, 3.05) is 0 Å². The third-order valence-electron chi connectivity index (χ3n) is 4.94. The fourth-order valence-corrected chi connectivity index (χ4v) is 8.60. The van der Waals surface area contributed by atoms with Crippen molar-refractivity contribution in [2.45, 2.75) is 63.5 Å². The van der Waals surface area contributed by atoms with E-state index in [1.54, 1.807) is 0 Å². The molecule has 4 atom stereocenters. The standard InChI is InChI=1S/C13H26Cl2Si2/c1-16(2,14)6-5-11-7-10-8-12(11)13(9-10)17(3,4)15/h10-13H,5-9H2,1-4H3. The number of fused-ring (bicyclic) bond motifs is 2. The van der Waals surface area contributed by atoms with Crippen LogP contribution in [0.3, 0.4) is 0 Å². The zero-order chi connectivity index (χ0) is 12.8. The van der Waals surface area contributed by atoms with Crippen molar-refractivity contribution in [3.8, 4) is 0 Å². The van der Waals surface area contributed by atoms with Gasteiger partial charge in [-0.2, -0.15) is 22.2 Å². The summed E-state index contributed by atoms with van der Waals surface area (Å²) in [7, 11) is -2.81. The van der Waals surface area contributed by atoms with Crippen LogP contribution >= 0.6 is 22.2 Å². The van der Waals surface area contributed by atoms with Crippen molar-refractivity contribution < 1.29 is 0 Å². The molecule has 2 bridgehead atoms. The summed E-state index contributed by atoms with van der Waals surface area (Å²) in [6.45, 7) is 9.24. The molecule has 2 saturated carbocycles. The highest BCUT2D eigenvalue weighted by atomic mass is 35.6. The van der Waals surface area contributed by atoms with Crippen LogP contribution in [-0.4, -0.2) is 14.8 Å².